The molecule has 1 aliphatic rings. The lowest BCUT2D eigenvalue weighted by atomic mass is 10.1. The van der Waals surface area contributed by atoms with E-state index in [1.807, 2.05) is 0 Å². The van der Waals surface area contributed by atoms with Crippen molar-refractivity contribution in [2.24, 2.45) is 0 Å². The van der Waals surface area contributed by atoms with Crippen LogP contribution in [0, 0.1) is 0 Å². The highest BCUT2D eigenvalue weighted by Crippen LogP contribution is 2.22. The minimum absolute atomic E-state index is 0.690. The fourth-order valence-electron chi connectivity index (χ4n) is 2.53. The topological polar surface area (TPSA) is 15.3 Å². The Balaban J connectivity index is 2.23. The van der Waals surface area contributed by atoms with Crippen molar-refractivity contribution in [1.29, 1.82) is 0 Å². The number of likely N-dealkylation sites (N-methyl/N-ethyl adjacent to an activating group) is 1. The van der Waals surface area contributed by atoms with E-state index in [1.165, 1.54) is 45.1 Å². The van der Waals surface area contributed by atoms with Gasteiger partial charge < -0.3 is 10.2 Å². The molecule has 0 aromatic carbocycles. The molecule has 0 radical (unpaired) electrons. The first-order valence-corrected chi connectivity index (χ1v) is 6.71. The third kappa shape index (κ3) is 4.52. The fraction of sp³-hybridized carbons (Fsp3) is 1.00. The lowest BCUT2D eigenvalue weighted by Gasteiger charge is -2.28. The van der Waals surface area contributed by atoms with Crippen LogP contribution >= 0.6 is 0 Å². The van der Waals surface area contributed by atoms with Crippen molar-refractivity contribution in [2.75, 3.05) is 20.1 Å². The first-order valence-electron chi connectivity index (χ1n) is 6.71. The molecule has 0 aliphatic heterocycles. The molecule has 1 rings (SSSR count). The summed E-state index contributed by atoms with van der Waals surface area (Å²) in [5.74, 6) is 0. The van der Waals surface area contributed by atoms with E-state index in [0.717, 1.165) is 12.6 Å². The van der Waals surface area contributed by atoms with Crippen LogP contribution in [0.15, 0.2) is 0 Å². The molecule has 0 heterocycles. The van der Waals surface area contributed by atoms with Gasteiger partial charge in [-0.15, -0.1) is 0 Å². The van der Waals surface area contributed by atoms with Crippen molar-refractivity contribution in [3.63, 3.8) is 0 Å². The Kier molecular flexibility index (Phi) is 6.26. The van der Waals surface area contributed by atoms with Crippen molar-refractivity contribution >= 4 is 0 Å². The Labute approximate surface area is 95.4 Å². The van der Waals surface area contributed by atoms with Gasteiger partial charge in [-0.3, -0.25) is 0 Å². The van der Waals surface area contributed by atoms with E-state index in [4.69, 9.17) is 0 Å². The van der Waals surface area contributed by atoms with Crippen LogP contribution in [-0.4, -0.2) is 37.1 Å². The average molecular weight is 212 g/mol. The largest absolute Gasteiger partial charge is 0.313 e. The second-order valence-electron chi connectivity index (χ2n) is 4.94. The predicted octanol–water partition coefficient (Wildman–Crippen LogP) is 2.64. The summed E-state index contributed by atoms with van der Waals surface area (Å²) >= 11 is 0. The molecule has 1 aliphatic carbocycles. The molecule has 1 saturated carbocycles. The van der Waals surface area contributed by atoms with E-state index in [1.54, 1.807) is 0 Å². The van der Waals surface area contributed by atoms with Gasteiger partial charge in [0.15, 0.2) is 0 Å². The summed E-state index contributed by atoms with van der Waals surface area (Å²) < 4.78 is 0. The molecule has 0 saturated heterocycles. The quantitative estimate of drug-likeness (QED) is 0.698. The molecule has 1 N–H and O–H groups in total. The Bertz CT molecular complexity index is 153. The summed E-state index contributed by atoms with van der Waals surface area (Å²) in [7, 11) is 2.30. The minimum atomic E-state index is 0.690. The summed E-state index contributed by atoms with van der Waals surface area (Å²) in [5.41, 5.74) is 0. The second-order valence-corrected chi connectivity index (χ2v) is 4.94. The van der Waals surface area contributed by atoms with Gasteiger partial charge >= 0.3 is 0 Å². The second kappa shape index (κ2) is 7.24. The van der Waals surface area contributed by atoms with Crippen molar-refractivity contribution < 1.29 is 0 Å². The molecule has 15 heavy (non-hydrogen) atoms. The first-order chi connectivity index (χ1) is 7.27. The first kappa shape index (κ1) is 13.0. The molecular weight excluding hydrogens is 184 g/mol. The Hall–Kier alpha value is -0.0800. The van der Waals surface area contributed by atoms with Crippen LogP contribution in [0.5, 0.6) is 0 Å². The summed E-state index contributed by atoms with van der Waals surface area (Å²) in [4.78, 5) is 2.57. The van der Waals surface area contributed by atoms with Gasteiger partial charge in [0, 0.05) is 18.6 Å². The van der Waals surface area contributed by atoms with Crippen LogP contribution < -0.4 is 5.32 Å². The monoisotopic (exact) mass is 212 g/mol. The third-order valence-corrected chi connectivity index (χ3v) is 3.63. The third-order valence-electron chi connectivity index (χ3n) is 3.63. The molecule has 1 unspecified atom stereocenters. The van der Waals surface area contributed by atoms with Gasteiger partial charge in [-0.1, -0.05) is 26.7 Å². The molecule has 2 nitrogen and oxygen atoms in total. The van der Waals surface area contributed by atoms with E-state index < -0.39 is 0 Å². The Morgan fingerprint density at radius 3 is 2.47 bits per heavy atom. The Morgan fingerprint density at radius 2 is 1.93 bits per heavy atom. The zero-order valence-electron chi connectivity index (χ0n) is 10.8. The highest BCUT2D eigenvalue weighted by Gasteiger charge is 2.21. The highest BCUT2D eigenvalue weighted by atomic mass is 15.2. The Morgan fingerprint density at radius 1 is 1.27 bits per heavy atom. The summed E-state index contributed by atoms with van der Waals surface area (Å²) in [6.45, 7) is 6.91. The molecule has 0 spiro atoms. The smallest absolute Gasteiger partial charge is 0.0192 e. The normalized spacial score (nSPS) is 20.0. The van der Waals surface area contributed by atoms with Crippen molar-refractivity contribution in [2.45, 2.75) is 64.5 Å². The van der Waals surface area contributed by atoms with Gasteiger partial charge in [-0.2, -0.15) is 0 Å². The van der Waals surface area contributed by atoms with Crippen molar-refractivity contribution in [3.05, 3.63) is 0 Å². The van der Waals surface area contributed by atoms with Gasteiger partial charge in [0.1, 0.15) is 0 Å². The molecular formula is C13H28N2. The van der Waals surface area contributed by atoms with Gasteiger partial charge in [-0.05, 0) is 39.3 Å². The number of nitrogens with one attached hydrogen (secondary N) is 1. The van der Waals surface area contributed by atoms with Gasteiger partial charge in [0.25, 0.3) is 0 Å². The molecule has 0 aromatic heterocycles. The van der Waals surface area contributed by atoms with Crippen molar-refractivity contribution in [1.82, 2.24) is 10.2 Å². The molecule has 0 aromatic rings. The maximum atomic E-state index is 3.63. The van der Waals surface area contributed by atoms with E-state index in [9.17, 15) is 0 Å². The van der Waals surface area contributed by atoms with Crippen LogP contribution in [0.3, 0.4) is 0 Å². The number of nitrogens with zero attached hydrogens (tertiary/aromatic N) is 1. The lowest BCUT2D eigenvalue weighted by molar-refractivity contribution is 0.216. The lowest BCUT2D eigenvalue weighted by Crippen LogP contribution is -2.42. The molecule has 1 atom stereocenters. The SMILES string of the molecule is CCCNC(CC)CN(C)C1CCCC1. The van der Waals surface area contributed by atoms with Crippen LogP contribution in [-0.2, 0) is 0 Å². The van der Waals surface area contributed by atoms with E-state index in [2.05, 4.69) is 31.1 Å². The maximum absolute atomic E-state index is 3.63. The fourth-order valence-corrected chi connectivity index (χ4v) is 2.53. The molecule has 2 heteroatoms. The highest BCUT2D eigenvalue weighted by molar-refractivity contribution is 4.78. The van der Waals surface area contributed by atoms with Gasteiger partial charge in [-0.25, -0.2) is 0 Å². The summed E-state index contributed by atoms with van der Waals surface area (Å²) in [6, 6.07) is 1.55. The molecule has 0 bridgehead atoms. The molecule has 1 fully saturated rings. The number of rotatable bonds is 7. The van der Waals surface area contributed by atoms with Crippen LogP contribution in [0.2, 0.25) is 0 Å². The van der Waals surface area contributed by atoms with Crippen molar-refractivity contribution in [3.8, 4) is 0 Å². The van der Waals surface area contributed by atoms with E-state index >= 15 is 0 Å². The standard InChI is InChI=1S/C13H28N2/c1-4-10-14-12(5-2)11-15(3)13-8-6-7-9-13/h12-14H,4-11H2,1-3H3. The minimum Gasteiger partial charge on any atom is -0.313 e. The van der Waals surface area contributed by atoms with Crippen LogP contribution in [0.1, 0.15) is 52.4 Å². The van der Waals surface area contributed by atoms with Gasteiger partial charge in [0.05, 0.1) is 0 Å². The van der Waals surface area contributed by atoms with Crippen LogP contribution in [0.4, 0.5) is 0 Å². The predicted molar refractivity (Wildman–Crippen MR) is 67.3 cm³/mol. The maximum Gasteiger partial charge on any atom is 0.0192 e. The number of hydrogen-bond acceptors (Lipinski definition) is 2. The van der Waals surface area contributed by atoms with Gasteiger partial charge in [0.2, 0.25) is 0 Å². The average Bonchev–Trinajstić information content (AvgIpc) is 2.77. The zero-order chi connectivity index (χ0) is 11.1. The molecule has 0 amide bonds. The summed E-state index contributed by atoms with van der Waals surface area (Å²) in [6.07, 6.45) is 8.20. The molecule has 90 valence electrons. The van der Waals surface area contributed by atoms with Crippen LogP contribution in [0.25, 0.3) is 0 Å². The van der Waals surface area contributed by atoms with E-state index in [-0.39, 0.29) is 0 Å². The number of hydrogen-bond donors (Lipinski definition) is 1. The summed E-state index contributed by atoms with van der Waals surface area (Å²) in [5, 5.41) is 3.63. The van der Waals surface area contributed by atoms with E-state index in [0.29, 0.717) is 6.04 Å². The zero-order valence-corrected chi connectivity index (χ0v) is 10.8.